The average Bonchev–Trinajstić information content (AvgIpc) is 2.73. The van der Waals surface area contributed by atoms with Crippen molar-refractivity contribution in [1.29, 1.82) is 5.41 Å². The van der Waals surface area contributed by atoms with Gasteiger partial charge in [-0.15, -0.1) is 0 Å². The van der Waals surface area contributed by atoms with Gasteiger partial charge >= 0.3 is 0 Å². The number of carbonyl (C=O) groups excluding carboxylic acids is 2. The summed E-state index contributed by atoms with van der Waals surface area (Å²) in [4.78, 5) is 27.3. The SMILES string of the molecule is N=C(N)N=C1NC(=O)C(CC(=O)Nc2cc(Cl)ccc2Cl)S1. The Morgan fingerprint density at radius 3 is 2.91 bits per heavy atom. The molecule has 1 aliphatic rings. The zero-order valence-corrected chi connectivity index (χ0v) is 13.4. The quantitative estimate of drug-likeness (QED) is 0.485. The van der Waals surface area contributed by atoms with E-state index in [0.717, 1.165) is 11.8 Å². The Kier molecular flexibility index (Phi) is 5.28. The second-order valence-corrected chi connectivity index (χ2v) is 6.31. The number of nitrogens with zero attached hydrogens (tertiary/aromatic N) is 1. The normalized spacial score (nSPS) is 19.1. The lowest BCUT2D eigenvalue weighted by Crippen LogP contribution is -2.28. The third-order valence-corrected chi connectivity index (χ3v) is 4.22. The lowest BCUT2D eigenvalue weighted by molar-refractivity contribution is -0.122. The van der Waals surface area contributed by atoms with Crippen LogP contribution in [0.4, 0.5) is 5.69 Å². The molecular formula is C12H11Cl2N5O2S. The summed E-state index contributed by atoms with van der Waals surface area (Å²) in [6, 6.07) is 4.69. The predicted octanol–water partition coefficient (Wildman–Crippen LogP) is 1.80. The lowest BCUT2D eigenvalue weighted by atomic mass is 10.2. The molecule has 10 heteroatoms. The summed E-state index contributed by atoms with van der Waals surface area (Å²) >= 11 is 12.8. The predicted molar refractivity (Wildman–Crippen MR) is 88.6 cm³/mol. The van der Waals surface area contributed by atoms with E-state index in [1.807, 2.05) is 0 Å². The number of aliphatic imine (C=N–C) groups is 1. The molecule has 0 aliphatic carbocycles. The Morgan fingerprint density at radius 1 is 1.50 bits per heavy atom. The van der Waals surface area contributed by atoms with Gasteiger partial charge in [0.25, 0.3) is 0 Å². The second kappa shape index (κ2) is 6.99. The van der Waals surface area contributed by atoms with E-state index in [9.17, 15) is 9.59 Å². The van der Waals surface area contributed by atoms with Crippen molar-refractivity contribution >= 4 is 63.6 Å². The first kappa shape index (κ1) is 16.6. The monoisotopic (exact) mass is 359 g/mol. The molecule has 0 spiro atoms. The molecule has 116 valence electrons. The van der Waals surface area contributed by atoms with E-state index in [1.165, 1.54) is 6.07 Å². The molecule has 1 aliphatic heterocycles. The van der Waals surface area contributed by atoms with E-state index >= 15 is 0 Å². The van der Waals surface area contributed by atoms with Crippen LogP contribution in [0.5, 0.6) is 0 Å². The van der Waals surface area contributed by atoms with Crippen LogP contribution < -0.4 is 16.4 Å². The van der Waals surface area contributed by atoms with E-state index in [4.69, 9.17) is 34.3 Å². The summed E-state index contributed by atoms with van der Waals surface area (Å²) in [5, 5.41) is 12.4. The zero-order valence-electron chi connectivity index (χ0n) is 11.0. The van der Waals surface area contributed by atoms with E-state index in [1.54, 1.807) is 12.1 Å². The number of hydrogen-bond acceptors (Lipinski definition) is 4. The van der Waals surface area contributed by atoms with Crippen LogP contribution in [0.25, 0.3) is 0 Å². The van der Waals surface area contributed by atoms with Crippen LogP contribution in [0.3, 0.4) is 0 Å². The molecule has 0 saturated carbocycles. The van der Waals surface area contributed by atoms with Crippen LogP contribution in [0.1, 0.15) is 6.42 Å². The number of amidine groups is 1. The molecule has 22 heavy (non-hydrogen) atoms. The van der Waals surface area contributed by atoms with Crippen molar-refractivity contribution in [3.63, 3.8) is 0 Å². The number of anilines is 1. The van der Waals surface area contributed by atoms with Gasteiger partial charge in [-0.05, 0) is 18.2 Å². The molecule has 5 N–H and O–H groups in total. The van der Waals surface area contributed by atoms with Gasteiger partial charge in [0.1, 0.15) is 5.25 Å². The average molecular weight is 360 g/mol. The summed E-state index contributed by atoms with van der Waals surface area (Å²) in [7, 11) is 0. The lowest BCUT2D eigenvalue weighted by Gasteiger charge is -2.09. The van der Waals surface area contributed by atoms with Gasteiger partial charge in [-0.25, -0.2) is 0 Å². The molecule has 1 aromatic carbocycles. The molecule has 1 fully saturated rings. The number of hydrogen-bond donors (Lipinski definition) is 4. The molecule has 7 nitrogen and oxygen atoms in total. The van der Waals surface area contributed by atoms with Gasteiger partial charge in [0, 0.05) is 11.4 Å². The smallest absolute Gasteiger partial charge is 0.240 e. The summed E-state index contributed by atoms with van der Waals surface area (Å²) < 4.78 is 0. The van der Waals surface area contributed by atoms with Gasteiger partial charge in [0.05, 0.1) is 10.7 Å². The molecule has 0 aromatic heterocycles. The molecule has 2 rings (SSSR count). The maximum atomic E-state index is 12.0. The third-order valence-electron chi connectivity index (χ3n) is 2.57. The van der Waals surface area contributed by atoms with Crippen molar-refractivity contribution < 1.29 is 9.59 Å². The second-order valence-electron chi connectivity index (χ2n) is 4.27. The molecule has 1 atom stereocenters. The van der Waals surface area contributed by atoms with Gasteiger partial charge in [0.2, 0.25) is 17.8 Å². The standard InChI is InChI=1S/C12H11Cl2N5O2S/c13-5-1-2-6(14)7(3-5)17-9(20)4-8-10(21)18-12(22-8)19-11(15)16/h1-3,8H,4H2,(H,17,20)(H4,15,16,18,19,21). The minimum absolute atomic E-state index is 0.0731. The Morgan fingerprint density at radius 2 is 2.23 bits per heavy atom. The van der Waals surface area contributed by atoms with Crippen LogP contribution in [0.2, 0.25) is 10.0 Å². The van der Waals surface area contributed by atoms with Crippen LogP contribution in [-0.4, -0.2) is 28.2 Å². The first-order chi connectivity index (χ1) is 10.3. The summed E-state index contributed by atoms with van der Waals surface area (Å²) in [5.74, 6) is -1.17. The highest BCUT2D eigenvalue weighted by molar-refractivity contribution is 8.15. The maximum Gasteiger partial charge on any atom is 0.240 e. The van der Waals surface area contributed by atoms with Crippen LogP contribution >= 0.6 is 35.0 Å². The molecule has 1 saturated heterocycles. The van der Waals surface area contributed by atoms with Gasteiger partial charge in [-0.3, -0.25) is 15.0 Å². The van der Waals surface area contributed by atoms with Crippen LogP contribution in [0, 0.1) is 5.41 Å². The molecular weight excluding hydrogens is 349 g/mol. The van der Waals surface area contributed by atoms with E-state index in [-0.39, 0.29) is 23.4 Å². The summed E-state index contributed by atoms with van der Waals surface area (Å²) in [6.45, 7) is 0. The van der Waals surface area contributed by atoms with Crippen molar-refractivity contribution in [2.75, 3.05) is 5.32 Å². The number of nitrogens with one attached hydrogen (secondary N) is 3. The molecule has 1 unspecified atom stereocenters. The van der Waals surface area contributed by atoms with Crippen molar-refractivity contribution in [3.05, 3.63) is 28.2 Å². The number of benzene rings is 1. The third kappa shape index (κ3) is 4.36. The van der Waals surface area contributed by atoms with E-state index in [2.05, 4.69) is 15.6 Å². The van der Waals surface area contributed by atoms with E-state index in [0.29, 0.717) is 15.7 Å². The van der Waals surface area contributed by atoms with Crippen LogP contribution in [0.15, 0.2) is 23.2 Å². The van der Waals surface area contributed by atoms with Crippen molar-refractivity contribution in [2.24, 2.45) is 10.7 Å². The number of carbonyl (C=O) groups is 2. The van der Waals surface area contributed by atoms with Crippen molar-refractivity contribution in [3.8, 4) is 0 Å². The molecule has 0 bridgehead atoms. The molecule has 1 heterocycles. The minimum Gasteiger partial charge on any atom is -0.368 e. The Labute approximate surface area is 140 Å². The van der Waals surface area contributed by atoms with E-state index < -0.39 is 11.2 Å². The number of rotatable bonds is 3. The van der Waals surface area contributed by atoms with Gasteiger partial charge in [-0.2, -0.15) is 4.99 Å². The Balaban J connectivity index is 1.99. The fraction of sp³-hybridized carbons (Fsp3) is 0.167. The van der Waals surface area contributed by atoms with Gasteiger partial charge in [-0.1, -0.05) is 35.0 Å². The topological polar surface area (TPSA) is 120 Å². The first-order valence-electron chi connectivity index (χ1n) is 6.00. The molecule has 2 amide bonds. The number of guanidine groups is 1. The molecule has 0 radical (unpaired) electrons. The number of halogens is 2. The zero-order chi connectivity index (χ0) is 16.3. The Bertz CT molecular complexity index is 679. The highest BCUT2D eigenvalue weighted by Crippen LogP contribution is 2.27. The van der Waals surface area contributed by atoms with Gasteiger partial charge in [0.15, 0.2) is 5.17 Å². The first-order valence-corrected chi connectivity index (χ1v) is 7.64. The summed E-state index contributed by atoms with van der Waals surface area (Å²) in [6.07, 6.45) is -0.0731. The highest BCUT2D eigenvalue weighted by atomic mass is 35.5. The van der Waals surface area contributed by atoms with Crippen molar-refractivity contribution in [2.45, 2.75) is 11.7 Å². The van der Waals surface area contributed by atoms with Crippen LogP contribution in [-0.2, 0) is 9.59 Å². The largest absolute Gasteiger partial charge is 0.368 e. The fourth-order valence-electron chi connectivity index (χ4n) is 1.66. The summed E-state index contributed by atoms with van der Waals surface area (Å²) in [5.41, 5.74) is 5.50. The minimum atomic E-state index is -0.643. The van der Waals surface area contributed by atoms with Crippen molar-refractivity contribution in [1.82, 2.24) is 5.32 Å². The number of nitrogens with two attached hydrogens (primary N) is 1. The number of amides is 2. The van der Waals surface area contributed by atoms with Gasteiger partial charge < -0.3 is 16.4 Å². The molecule has 1 aromatic rings. The maximum absolute atomic E-state index is 12.0. The Hall–Kier alpha value is -1.77. The number of thioether (sulfide) groups is 1. The fourth-order valence-corrected chi connectivity index (χ4v) is 2.98. The highest BCUT2D eigenvalue weighted by Gasteiger charge is 2.32.